The quantitative estimate of drug-likeness (QED) is 0.515. The molecule has 0 aliphatic carbocycles. The van der Waals surface area contributed by atoms with Crippen LogP contribution in [-0.2, 0) is 24.2 Å². The Morgan fingerprint density at radius 1 is 1.33 bits per heavy atom. The average molecular weight is 395 g/mol. The number of amides is 1. The van der Waals surface area contributed by atoms with Gasteiger partial charge in [-0.25, -0.2) is 13.2 Å². The molecule has 1 heterocycles. The van der Waals surface area contributed by atoms with E-state index in [-0.39, 0.29) is 17.5 Å². The van der Waals surface area contributed by atoms with Gasteiger partial charge in [0.25, 0.3) is 5.91 Å². The number of hydrogen-bond donors (Lipinski definition) is 0. The fourth-order valence-electron chi connectivity index (χ4n) is 2.87. The molecular formula is C19H25NO6S. The summed E-state index contributed by atoms with van der Waals surface area (Å²) in [6.45, 7) is 3.85. The summed E-state index contributed by atoms with van der Waals surface area (Å²) in [6.07, 6.45) is 2.20. The molecule has 0 N–H and O–H groups in total. The monoisotopic (exact) mass is 395 g/mol. The highest BCUT2D eigenvalue weighted by Crippen LogP contribution is 2.20. The number of rotatable bonds is 7. The third-order valence-corrected chi connectivity index (χ3v) is 6.11. The third-order valence-electron chi connectivity index (χ3n) is 4.36. The first kappa shape index (κ1) is 21.0. The van der Waals surface area contributed by atoms with E-state index >= 15 is 0 Å². The molecular weight excluding hydrogens is 370 g/mol. The zero-order chi connectivity index (χ0) is 20.0. The van der Waals surface area contributed by atoms with Crippen molar-refractivity contribution in [3.8, 4) is 5.75 Å². The number of ether oxygens (including phenoxy) is 2. The Bertz CT molecular complexity index is 817. The summed E-state index contributed by atoms with van der Waals surface area (Å²) in [5.41, 5.74) is 0.726. The van der Waals surface area contributed by atoms with E-state index in [1.165, 1.54) is 24.9 Å². The number of hydrogen-bond acceptors (Lipinski definition) is 6. The van der Waals surface area contributed by atoms with Gasteiger partial charge in [-0.05, 0) is 32.4 Å². The van der Waals surface area contributed by atoms with Crippen LogP contribution in [0.1, 0.15) is 25.8 Å². The zero-order valence-corrected chi connectivity index (χ0v) is 16.6. The molecule has 8 heteroatoms. The lowest BCUT2D eigenvalue weighted by Crippen LogP contribution is -2.44. The average Bonchev–Trinajstić information content (AvgIpc) is 2.99. The molecule has 1 aromatic carbocycles. The topological polar surface area (TPSA) is 90.0 Å². The van der Waals surface area contributed by atoms with Crippen molar-refractivity contribution in [1.29, 1.82) is 0 Å². The SMILES string of the molecule is CCOc1ccccc1/C=C/C(=O)O[C@@H](C)C(=O)N(C)[C@@H]1CCS(=O)(=O)C1. The molecule has 1 saturated heterocycles. The van der Waals surface area contributed by atoms with Crippen LogP contribution in [0.25, 0.3) is 6.08 Å². The van der Waals surface area contributed by atoms with Gasteiger partial charge in [-0.2, -0.15) is 0 Å². The minimum absolute atomic E-state index is 0.0516. The van der Waals surface area contributed by atoms with Gasteiger partial charge in [-0.15, -0.1) is 0 Å². The van der Waals surface area contributed by atoms with Crippen molar-refractivity contribution < 1.29 is 27.5 Å². The first-order valence-electron chi connectivity index (χ1n) is 8.81. The van der Waals surface area contributed by atoms with E-state index in [2.05, 4.69) is 0 Å². The molecule has 1 aromatic rings. The van der Waals surface area contributed by atoms with Crippen LogP contribution < -0.4 is 4.74 Å². The second kappa shape index (κ2) is 9.03. The molecule has 0 unspecified atom stereocenters. The van der Waals surface area contributed by atoms with E-state index in [0.717, 1.165) is 5.56 Å². The molecule has 0 aromatic heterocycles. The zero-order valence-electron chi connectivity index (χ0n) is 15.8. The number of carbonyl (C=O) groups is 2. The lowest BCUT2D eigenvalue weighted by atomic mass is 10.2. The molecule has 148 valence electrons. The van der Waals surface area contributed by atoms with Crippen LogP contribution in [0.3, 0.4) is 0 Å². The van der Waals surface area contributed by atoms with E-state index in [0.29, 0.717) is 18.8 Å². The van der Waals surface area contributed by atoms with Gasteiger partial charge < -0.3 is 14.4 Å². The molecule has 0 saturated carbocycles. The lowest BCUT2D eigenvalue weighted by Gasteiger charge is -2.26. The fraction of sp³-hybridized carbons (Fsp3) is 0.474. The minimum Gasteiger partial charge on any atom is -0.493 e. The Morgan fingerprint density at radius 3 is 2.67 bits per heavy atom. The highest BCUT2D eigenvalue weighted by Gasteiger charge is 2.34. The molecule has 27 heavy (non-hydrogen) atoms. The Labute approximate surface area is 159 Å². The summed E-state index contributed by atoms with van der Waals surface area (Å²) in [6, 6.07) is 6.88. The van der Waals surface area contributed by atoms with Gasteiger partial charge in [0.15, 0.2) is 15.9 Å². The summed E-state index contributed by atoms with van der Waals surface area (Å²) in [5, 5.41) is 0. The standard InChI is InChI=1S/C19H25NO6S/c1-4-25-17-8-6-5-7-15(17)9-10-18(21)26-14(2)19(22)20(3)16-11-12-27(23,24)13-16/h5-10,14,16H,4,11-13H2,1-3H3/b10-9+/t14-,16+/m0/s1. The molecule has 1 aliphatic rings. The fourth-order valence-corrected chi connectivity index (χ4v) is 4.65. The summed E-state index contributed by atoms with van der Waals surface area (Å²) < 4.78 is 33.8. The van der Waals surface area contributed by atoms with Crippen LogP contribution in [0.5, 0.6) is 5.75 Å². The van der Waals surface area contributed by atoms with E-state index in [9.17, 15) is 18.0 Å². The maximum Gasteiger partial charge on any atom is 0.331 e. The molecule has 1 amide bonds. The molecule has 0 radical (unpaired) electrons. The normalized spacial score (nSPS) is 19.6. The van der Waals surface area contributed by atoms with E-state index in [1.54, 1.807) is 18.2 Å². The van der Waals surface area contributed by atoms with Crippen LogP contribution in [-0.4, -0.2) is 62.5 Å². The smallest absolute Gasteiger partial charge is 0.331 e. The maximum atomic E-state index is 12.4. The van der Waals surface area contributed by atoms with Gasteiger partial charge in [0.1, 0.15) is 5.75 Å². The molecule has 1 fully saturated rings. The van der Waals surface area contributed by atoms with Crippen molar-refractivity contribution in [2.45, 2.75) is 32.4 Å². The number of likely N-dealkylation sites (N-methyl/N-ethyl adjacent to an activating group) is 1. The van der Waals surface area contributed by atoms with Crippen molar-refractivity contribution >= 4 is 27.8 Å². The summed E-state index contributed by atoms with van der Waals surface area (Å²) >= 11 is 0. The van der Waals surface area contributed by atoms with Gasteiger partial charge in [-0.3, -0.25) is 4.79 Å². The van der Waals surface area contributed by atoms with Crippen LogP contribution in [0.4, 0.5) is 0 Å². The van der Waals surface area contributed by atoms with Crippen molar-refractivity contribution in [2.75, 3.05) is 25.2 Å². The minimum atomic E-state index is -3.10. The number of para-hydroxylation sites is 1. The molecule has 0 bridgehead atoms. The van der Waals surface area contributed by atoms with Gasteiger partial charge in [0.05, 0.1) is 18.1 Å². The van der Waals surface area contributed by atoms with E-state index in [1.807, 2.05) is 19.1 Å². The number of nitrogens with zero attached hydrogens (tertiary/aromatic N) is 1. The van der Waals surface area contributed by atoms with E-state index < -0.39 is 27.8 Å². The molecule has 1 aliphatic heterocycles. The first-order chi connectivity index (χ1) is 12.7. The largest absolute Gasteiger partial charge is 0.493 e. The number of sulfone groups is 1. The molecule has 2 rings (SSSR count). The van der Waals surface area contributed by atoms with Crippen molar-refractivity contribution in [2.24, 2.45) is 0 Å². The maximum absolute atomic E-state index is 12.4. The third kappa shape index (κ3) is 5.82. The first-order valence-corrected chi connectivity index (χ1v) is 10.6. The Balaban J connectivity index is 1.94. The molecule has 2 atom stereocenters. The van der Waals surface area contributed by atoms with Crippen molar-refractivity contribution in [3.63, 3.8) is 0 Å². The highest BCUT2D eigenvalue weighted by molar-refractivity contribution is 7.91. The van der Waals surface area contributed by atoms with Gasteiger partial charge in [0.2, 0.25) is 0 Å². The van der Waals surface area contributed by atoms with Crippen LogP contribution in [0.2, 0.25) is 0 Å². The van der Waals surface area contributed by atoms with Crippen LogP contribution in [0.15, 0.2) is 30.3 Å². The van der Waals surface area contributed by atoms with Gasteiger partial charge >= 0.3 is 5.97 Å². The van der Waals surface area contributed by atoms with Crippen molar-refractivity contribution in [1.82, 2.24) is 4.90 Å². The van der Waals surface area contributed by atoms with Crippen LogP contribution >= 0.6 is 0 Å². The number of benzene rings is 1. The number of carbonyl (C=O) groups excluding carboxylic acids is 2. The summed E-state index contributed by atoms with van der Waals surface area (Å²) in [7, 11) is -1.56. The molecule has 7 nitrogen and oxygen atoms in total. The summed E-state index contributed by atoms with van der Waals surface area (Å²) in [5.74, 6) is -0.409. The van der Waals surface area contributed by atoms with Crippen LogP contribution in [0, 0.1) is 0 Å². The van der Waals surface area contributed by atoms with Gasteiger partial charge in [0, 0.05) is 24.7 Å². The predicted octanol–water partition coefficient (Wildman–Crippen LogP) is 1.68. The molecule has 0 spiro atoms. The number of esters is 1. The predicted molar refractivity (Wildman–Crippen MR) is 102 cm³/mol. The highest BCUT2D eigenvalue weighted by atomic mass is 32.2. The van der Waals surface area contributed by atoms with E-state index in [4.69, 9.17) is 9.47 Å². The van der Waals surface area contributed by atoms with Crippen molar-refractivity contribution in [3.05, 3.63) is 35.9 Å². The second-order valence-corrected chi connectivity index (χ2v) is 8.62. The second-order valence-electron chi connectivity index (χ2n) is 6.39. The Morgan fingerprint density at radius 2 is 2.04 bits per heavy atom. The lowest BCUT2D eigenvalue weighted by molar-refractivity contribution is -0.155. The summed E-state index contributed by atoms with van der Waals surface area (Å²) in [4.78, 5) is 25.8. The Kier molecular flexibility index (Phi) is 7.01. The Hall–Kier alpha value is -2.35. The van der Waals surface area contributed by atoms with Gasteiger partial charge in [-0.1, -0.05) is 18.2 Å².